The number of ether oxygens (including phenoxy) is 2. The quantitative estimate of drug-likeness (QED) is 0.801. The first-order valence-corrected chi connectivity index (χ1v) is 6.21. The average molecular weight is 246 g/mol. The zero-order valence-corrected chi connectivity index (χ0v) is 9.95. The van der Waals surface area contributed by atoms with Crippen molar-refractivity contribution in [2.75, 3.05) is 13.7 Å². The average Bonchev–Trinajstić information content (AvgIpc) is 2.24. The zero-order chi connectivity index (χ0) is 12.2. The van der Waals surface area contributed by atoms with Crippen LogP contribution in [0.5, 0.6) is 11.5 Å². The predicted octanol–water partition coefficient (Wildman–Crippen LogP) is 1.73. The summed E-state index contributed by atoms with van der Waals surface area (Å²) in [5.41, 5.74) is 0. The highest BCUT2D eigenvalue weighted by molar-refractivity contribution is 7.86. The van der Waals surface area contributed by atoms with E-state index in [2.05, 4.69) is 0 Å². The van der Waals surface area contributed by atoms with Gasteiger partial charge in [0.15, 0.2) is 0 Å². The fourth-order valence-electron chi connectivity index (χ4n) is 1.17. The van der Waals surface area contributed by atoms with Gasteiger partial charge in [0, 0.05) is 6.07 Å². The molecular weight excluding hydrogens is 232 g/mol. The molecule has 0 fully saturated rings. The molecule has 0 atom stereocenters. The lowest BCUT2D eigenvalue weighted by Gasteiger charge is -2.09. The molecule has 1 N–H and O–H groups in total. The molecule has 5 nitrogen and oxygen atoms in total. The van der Waals surface area contributed by atoms with Gasteiger partial charge in [0.2, 0.25) is 0 Å². The van der Waals surface area contributed by atoms with Crippen molar-refractivity contribution in [3.8, 4) is 11.5 Å². The highest BCUT2D eigenvalue weighted by Crippen LogP contribution is 2.28. The number of rotatable bonds is 5. The first kappa shape index (κ1) is 12.8. The van der Waals surface area contributed by atoms with Crippen LogP contribution in [-0.2, 0) is 10.1 Å². The molecule has 0 saturated heterocycles. The van der Waals surface area contributed by atoms with Crippen molar-refractivity contribution in [1.82, 2.24) is 0 Å². The topological polar surface area (TPSA) is 72.8 Å². The maximum Gasteiger partial charge on any atom is 0.298 e. The van der Waals surface area contributed by atoms with E-state index in [1.54, 1.807) is 0 Å². The molecule has 90 valence electrons. The summed E-state index contributed by atoms with van der Waals surface area (Å²) < 4.78 is 41.0. The number of benzene rings is 1. The summed E-state index contributed by atoms with van der Waals surface area (Å²) in [4.78, 5) is -0.265. The van der Waals surface area contributed by atoms with Crippen molar-refractivity contribution in [2.45, 2.75) is 18.2 Å². The minimum atomic E-state index is -4.26. The van der Waals surface area contributed by atoms with Crippen LogP contribution in [0.4, 0.5) is 0 Å². The molecule has 0 aromatic heterocycles. The molecule has 6 heteroatoms. The van der Waals surface area contributed by atoms with E-state index in [4.69, 9.17) is 14.0 Å². The Morgan fingerprint density at radius 2 is 2.06 bits per heavy atom. The molecular formula is C10H14O5S. The second-order valence-electron chi connectivity index (χ2n) is 3.14. The molecule has 1 rings (SSSR count). The van der Waals surface area contributed by atoms with Crippen molar-refractivity contribution in [1.29, 1.82) is 0 Å². The van der Waals surface area contributed by atoms with E-state index in [-0.39, 0.29) is 10.6 Å². The fraction of sp³-hybridized carbons (Fsp3) is 0.400. The molecule has 1 aromatic carbocycles. The summed E-state index contributed by atoms with van der Waals surface area (Å²) >= 11 is 0. The number of hydrogen-bond acceptors (Lipinski definition) is 4. The lowest BCUT2D eigenvalue weighted by atomic mass is 10.3. The van der Waals surface area contributed by atoms with E-state index in [0.717, 1.165) is 6.42 Å². The summed E-state index contributed by atoms with van der Waals surface area (Å²) in [6.07, 6.45) is 0.850. The van der Waals surface area contributed by atoms with Crippen LogP contribution in [0.2, 0.25) is 0 Å². The van der Waals surface area contributed by atoms with Crippen molar-refractivity contribution in [2.24, 2.45) is 0 Å². The van der Waals surface area contributed by atoms with Crippen molar-refractivity contribution >= 4 is 10.1 Å². The normalized spacial score (nSPS) is 11.2. The maximum atomic E-state index is 11.0. The van der Waals surface area contributed by atoms with E-state index in [0.29, 0.717) is 12.4 Å². The third-order valence-corrected chi connectivity index (χ3v) is 2.78. The van der Waals surface area contributed by atoms with Gasteiger partial charge in [-0.05, 0) is 18.6 Å². The number of hydrogen-bond donors (Lipinski definition) is 1. The molecule has 0 aliphatic carbocycles. The van der Waals surface area contributed by atoms with Gasteiger partial charge in [-0.15, -0.1) is 0 Å². The third-order valence-electron chi connectivity index (χ3n) is 1.89. The third kappa shape index (κ3) is 3.11. The SMILES string of the molecule is CCCOc1ccc(S(=O)(=O)O)c(OC)c1. The van der Waals surface area contributed by atoms with Gasteiger partial charge in [-0.1, -0.05) is 6.92 Å². The maximum absolute atomic E-state index is 11.0. The van der Waals surface area contributed by atoms with Crippen molar-refractivity contribution in [3.63, 3.8) is 0 Å². The molecule has 0 saturated carbocycles. The molecule has 0 radical (unpaired) electrons. The highest BCUT2D eigenvalue weighted by Gasteiger charge is 2.16. The Hall–Kier alpha value is -1.27. The monoisotopic (exact) mass is 246 g/mol. The van der Waals surface area contributed by atoms with Crippen LogP contribution in [0.3, 0.4) is 0 Å². The van der Waals surface area contributed by atoms with Gasteiger partial charge in [-0.25, -0.2) is 0 Å². The lowest BCUT2D eigenvalue weighted by Crippen LogP contribution is -2.02. The predicted molar refractivity (Wildman–Crippen MR) is 58.6 cm³/mol. The molecule has 0 amide bonds. The minimum Gasteiger partial charge on any atom is -0.495 e. The molecule has 0 unspecified atom stereocenters. The van der Waals surface area contributed by atoms with Gasteiger partial charge >= 0.3 is 0 Å². The Morgan fingerprint density at radius 1 is 1.38 bits per heavy atom. The summed E-state index contributed by atoms with van der Waals surface area (Å²) in [7, 11) is -2.94. The Labute approximate surface area is 94.7 Å². The van der Waals surface area contributed by atoms with Crippen molar-refractivity contribution in [3.05, 3.63) is 18.2 Å². The van der Waals surface area contributed by atoms with Crippen LogP contribution in [0.25, 0.3) is 0 Å². The zero-order valence-electron chi connectivity index (χ0n) is 9.13. The molecule has 0 aliphatic heterocycles. The number of methoxy groups -OCH3 is 1. The summed E-state index contributed by atoms with van der Waals surface area (Å²) in [5.74, 6) is 0.571. The summed E-state index contributed by atoms with van der Waals surface area (Å²) in [6, 6.07) is 4.15. The lowest BCUT2D eigenvalue weighted by molar-refractivity contribution is 0.313. The largest absolute Gasteiger partial charge is 0.495 e. The second-order valence-corrected chi connectivity index (χ2v) is 4.53. The first-order valence-electron chi connectivity index (χ1n) is 4.77. The molecule has 0 bridgehead atoms. The van der Waals surface area contributed by atoms with Crippen LogP contribution in [0.15, 0.2) is 23.1 Å². The van der Waals surface area contributed by atoms with Crippen LogP contribution in [-0.4, -0.2) is 26.7 Å². The summed E-state index contributed by atoms with van der Waals surface area (Å²) in [6.45, 7) is 2.50. The van der Waals surface area contributed by atoms with Crippen molar-refractivity contribution < 1.29 is 22.4 Å². The van der Waals surface area contributed by atoms with Crippen LogP contribution in [0, 0.1) is 0 Å². The van der Waals surface area contributed by atoms with E-state index < -0.39 is 10.1 Å². The molecule has 16 heavy (non-hydrogen) atoms. The Kier molecular flexibility index (Phi) is 4.14. The summed E-state index contributed by atoms with van der Waals surface area (Å²) in [5, 5.41) is 0. The minimum absolute atomic E-state index is 0.0658. The van der Waals surface area contributed by atoms with E-state index in [9.17, 15) is 8.42 Å². The van der Waals surface area contributed by atoms with Gasteiger partial charge in [0.05, 0.1) is 13.7 Å². The van der Waals surface area contributed by atoms with Gasteiger partial charge in [0.25, 0.3) is 10.1 Å². The molecule has 1 aromatic rings. The van der Waals surface area contributed by atoms with Crippen LogP contribution < -0.4 is 9.47 Å². The van der Waals surface area contributed by atoms with E-state index >= 15 is 0 Å². The fourth-order valence-corrected chi connectivity index (χ4v) is 1.81. The first-order chi connectivity index (χ1) is 7.49. The van der Waals surface area contributed by atoms with E-state index in [1.807, 2.05) is 6.92 Å². The van der Waals surface area contributed by atoms with Gasteiger partial charge in [-0.2, -0.15) is 8.42 Å². The Balaban J connectivity index is 3.07. The Bertz CT molecular complexity index is 452. The van der Waals surface area contributed by atoms with E-state index in [1.165, 1.54) is 25.3 Å². The van der Waals surface area contributed by atoms with Gasteiger partial charge in [0.1, 0.15) is 16.4 Å². The smallest absolute Gasteiger partial charge is 0.298 e. The molecule has 0 aliphatic rings. The second kappa shape index (κ2) is 5.18. The Morgan fingerprint density at radius 3 is 2.56 bits per heavy atom. The molecule has 0 spiro atoms. The molecule has 0 heterocycles. The highest BCUT2D eigenvalue weighted by atomic mass is 32.2. The van der Waals surface area contributed by atoms with Gasteiger partial charge < -0.3 is 9.47 Å². The van der Waals surface area contributed by atoms with Gasteiger partial charge in [-0.3, -0.25) is 4.55 Å². The standard InChI is InChI=1S/C10H14O5S/c1-3-6-15-8-4-5-10(16(11,12)13)9(7-8)14-2/h4-5,7H,3,6H2,1-2H3,(H,11,12,13). The van der Waals surface area contributed by atoms with Crippen LogP contribution >= 0.6 is 0 Å². The van der Waals surface area contributed by atoms with Crippen LogP contribution in [0.1, 0.15) is 13.3 Å².